The van der Waals surface area contributed by atoms with Crippen molar-refractivity contribution < 1.29 is 4.39 Å². The van der Waals surface area contributed by atoms with Gasteiger partial charge < -0.3 is 10.7 Å². The molecule has 20 heavy (non-hydrogen) atoms. The number of halogens is 2. The quantitative estimate of drug-likeness (QED) is 0.417. The number of benzene rings is 1. The monoisotopic (exact) mass is 387 g/mol. The summed E-state index contributed by atoms with van der Waals surface area (Å²) >= 11 is 2.08. The van der Waals surface area contributed by atoms with Crippen LogP contribution in [0.2, 0.25) is 0 Å². The van der Waals surface area contributed by atoms with Crippen LogP contribution in [0.25, 0.3) is 0 Å². The van der Waals surface area contributed by atoms with E-state index in [-0.39, 0.29) is 5.82 Å². The number of anilines is 3. The average molecular weight is 387 g/mol. The molecule has 2 rings (SSSR count). The minimum atomic E-state index is -0.263. The number of hydrazine groups is 1. The second kappa shape index (κ2) is 6.80. The molecule has 0 spiro atoms. The average Bonchev–Trinajstić information content (AvgIpc) is 2.43. The van der Waals surface area contributed by atoms with Gasteiger partial charge in [0.05, 0.1) is 5.69 Å². The standard InChI is InChI=1S/C13H15FIN5/c1-2-3-9-12(17-7-18-13(9)20-16)19-11-5-4-8(14)6-10(11)15/h4-7H,2-3,16H2,1H3,(H2,17,18,19,20). The molecule has 0 unspecified atom stereocenters. The third kappa shape index (κ3) is 3.34. The molecule has 0 aliphatic carbocycles. The number of hydrogen-bond donors (Lipinski definition) is 3. The molecule has 0 aliphatic heterocycles. The molecular formula is C13H15FIN5. The zero-order valence-electron chi connectivity index (χ0n) is 11.0. The number of nitrogens with one attached hydrogen (secondary N) is 2. The molecule has 0 atom stereocenters. The van der Waals surface area contributed by atoms with Crippen LogP contribution in [0.4, 0.5) is 21.7 Å². The van der Waals surface area contributed by atoms with Crippen molar-refractivity contribution in [1.82, 2.24) is 9.97 Å². The van der Waals surface area contributed by atoms with Crippen LogP contribution < -0.4 is 16.6 Å². The molecule has 0 radical (unpaired) electrons. The van der Waals surface area contributed by atoms with E-state index >= 15 is 0 Å². The highest BCUT2D eigenvalue weighted by atomic mass is 127. The molecule has 5 nitrogen and oxygen atoms in total. The maximum absolute atomic E-state index is 13.1. The number of nitrogens with two attached hydrogens (primary N) is 1. The molecule has 0 saturated heterocycles. The van der Waals surface area contributed by atoms with Crippen LogP contribution in [0.5, 0.6) is 0 Å². The summed E-state index contributed by atoms with van der Waals surface area (Å²) in [6.45, 7) is 2.07. The summed E-state index contributed by atoms with van der Waals surface area (Å²) in [6.07, 6.45) is 3.17. The number of nitrogen functional groups attached to an aromatic ring is 1. The third-order valence-corrected chi connectivity index (χ3v) is 3.66. The van der Waals surface area contributed by atoms with E-state index in [1.54, 1.807) is 6.07 Å². The Balaban J connectivity index is 2.37. The molecule has 7 heteroatoms. The molecule has 2 aromatic rings. The van der Waals surface area contributed by atoms with Crippen LogP contribution in [0.3, 0.4) is 0 Å². The van der Waals surface area contributed by atoms with Gasteiger partial charge in [0, 0.05) is 9.13 Å². The lowest BCUT2D eigenvalue weighted by atomic mass is 10.1. The normalized spacial score (nSPS) is 10.4. The predicted molar refractivity (Wildman–Crippen MR) is 86.2 cm³/mol. The van der Waals surface area contributed by atoms with Crippen molar-refractivity contribution in [3.63, 3.8) is 0 Å². The summed E-state index contributed by atoms with van der Waals surface area (Å²) in [7, 11) is 0. The zero-order valence-corrected chi connectivity index (χ0v) is 13.1. The lowest BCUT2D eigenvalue weighted by Crippen LogP contribution is -2.13. The van der Waals surface area contributed by atoms with Crippen LogP contribution >= 0.6 is 22.6 Å². The first-order valence-electron chi connectivity index (χ1n) is 6.18. The van der Waals surface area contributed by atoms with Crippen molar-refractivity contribution in [3.8, 4) is 0 Å². The molecule has 1 aromatic carbocycles. The summed E-state index contributed by atoms with van der Waals surface area (Å²) in [4.78, 5) is 8.36. The lowest BCUT2D eigenvalue weighted by molar-refractivity contribution is 0.627. The Hall–Kier alpha value is -1.48. The minimum Gasteiger partial charge on any atom is -0.339 e. The second-order valence-electron chi connectivity index (χ2n) is 4.19. The van der Waals surface area contributed by atoms with Crippen molar-refractivity contribution in [1.29, 1.82) is 0 Å². The van der Waals surface area contributed by atoms with E-state index in [0.29, 0.717) is 11.6 Å². The van der Waals surface area contributed by atoms with Gasteiger partial charge in [0.2, 0.25) is 0 Å². The maximum Gasteiger partial charge on any atom is 0.148 e. The van der Waals surface area contributed by atoms with E-state index in [4.69, 9.17) is 5.84 Å². The number of rotatable bonds is 5. The first-order valence-corrected chi connectivity index (χ1v) is 7.26. The van der Waals surface area contributed by atoms with Gasteiger partial charge in [-0.1, -0.05) is 13.3 Å². The fourth-order valence-electron chi connectivity index (χ4n) is 1.85. The van der Waals surface area contributed by atoms with Gasteiger partial charge in [-0.2, -0.15) is 0 Å². The Morgan fingerprint density at radius 3 is 2.70 bits per heavy atom. The Morgan fingerprint density at radius 2 is 2.05 bits per heavy atom. The molecule has 0 amide bonds. The SMILES string of the molecule is CCCc1c(NN)ncnc1Nc1ccc(F)cc1I. The molecule has 4 N–H and O–H groups in total. The van der Waals surface area contributed by atoms with Crippen molar-refractivity contribution in [3.05, 3.63) is 39.5 Å². The van der Waals surface area contributed by atoms with E-state index in [9.17, 15) is 4.39 Å². The van der Waals surface area contributed by atoms with Gasteiger partial charge in [0.15, 0.2) is 0 Å². The first-order chi connectivity index (χ1) is 9.65. The molecule has 1 heterocycles. The van der Waals surface area contributed by atoms with Gasteiger partial charge in [-0.15, -0.1) is 0 Å². The number of aromatic nitrogens is 2. The molecule has 106 valence electrons. The van der Waals surface area contributed by atoms with Gasteiger partial charge in [0.1, 0.15) is 23.8 Å². The summed E-state index contributed by atoms with van der Waals surface area (Å²) in [5.74, 6) is 6.49. The first kappa shape index (κ1) is 14.9. The van der Waals surface area contributed by atoms with E-state index in [1.165, 1.54) is 18.5 Å². The van der Waals surface area contributed by atoms with Gasteiger partial charge >= 0.3 is 0 Å². The van der Waals surface area contributed by atoms with Crippen molar-refractivity contribution in [2.24, 2.45) is 5.84 Å². The van der Waals surface area contributed by atoms with Crippen LogP contribution in [-0.2, 0) is 6.42 Å². The zero-order chi connectivity index (χ0) is 14.5. The molecule has 0 aliphatic rings. The third-order valence-electron chi connectivity index (χ3n) is 2.77. The van der Waals surface area contributed by atoms with Crippen molar-refractivity contribution in [2.75, 3.05) is 10.7 Å². The number of hydrogen-bond acceptors (Lipinski definition) is 5. The topological polar surface area (TPSA) is 75.9 Å². The Labute approximate surface area is 130 Å². The molecule has 1 aromatic heterocycles. The van der Waals surface area contributed by atoms with Crippen LogP contribution in [0, 0.1) is 9.39 Å². The largest absolute Gasteiger partial charge is 0.339 e. The van der Waals surface area contributed by atoms with Gasteiger partial charge in [-0.3, -0.25) is 0 Å². The Bertz CT molecular complexity index is 605. The summed E-state index contributed by atoms with van der Waals surface area (Å²) in [5, 5.41) is 3.21. The highest BCUT2D eigenvalue weighted by Crippen LogP contribution is 2.27. The highest BCUT2D eigenvalue weighted by molar-refractivity contribution is 14.1. The van der Waals surface area contributed by atoms with Gasteiger partial charge in [-0.05, 0) is 47.2 Å². The maximum atomic E-state index is 13.1. The van der Waals surface area contributed by atoms with E-state index in [1.807, 2.05) is 0 Å². The molecular weight excluding hydrogens is 372 g/mol. The fourth-order valence-corrected chi connectivity index (χ4v) is 2.46. The second-order valence-corrected chi connectivity index (χ2v) is 5.36. The van der Waals surface area contributed by atoms with E-state index < -0.39 is 0 Å². The highest BCUT2D eigenvalue weighted by Gasteiger charge is 2.11. The van der Waals surface area contributed by atoms with Gasteiger partial charge in [-0.25, -0.2) is 20.2 Å². The molecule has 0 bridgehead atoms. The van der Waals surface area contributed by atoms with E-state index in [0.717, 1.165) is 27.7 Å². The fraction of sp³-hybridized carbons (Fsp3) is 0.231. The van der Waals surface area contributed by atoms with Crippen LogP contribution in [0.15, 0.2) is 24.5 Å². The predicted octanol–water partition coefficient (Wildman–Crippen LogP) is 3.20. The lowest BCUT2D eigenvalue weighted by Gasteiger charge is -2.14. The van der Waals surface area contributed by atoms with Gasteiger partial charge in [0.25, 0.3) is 0 Å². The summed E-state index contributed by atoms with van der Waals surface area (Å²) in [5.41, 5.74) is 4.29. The van der Waals surface area contributed by atoms with Crippen LogP contribution in [-0.4, -0.2) is 9.97 Å². The van der Waals surface area contributed by atoms with Crippen molar-refractivity contribution in [2.45, 2.75) is 19.8 Å². The van der Waals surface area contributed by atoms with E-state index in [2.05, 4.69) is 50.2 Å². The Morgan fingerprint density at radius 1 is 1.30 bits per heavy atom. The van der Waals surface area contributed by atoms with Crippen LogP contribution in [0.1, 0.15) is 18.9 Å². The minimum absolute atomic E-state index is 0.263. The Kier molecular flexibility index (Phi) is 5.07. The summed E-state index contributed by atoms with van der Waals surface area (Å²) in [6, 6.07) is 4.56. The van der Waals surface area contributed by atoms with Crippen molar-refractivity contribution >= 4 is 39.9 Å². The summed E-state index contributed by atoms with van der Waals surface area (Å²) < 4.78 is 13.9. The molecule has 0 fully saturated rings. The number of nitrogens with zero attached hydrogens (tertiary/aromatic N) is 2. The smallest absolute Gasteiger partial charge is 0.148 e. The molecule has 0 saturated carbocycles.